The maximum Gasteiger partial charge on any atom is 0.246 e. The average molecular weight is 291 g/mol. The molecule has 1 aliphatic heterocycles. The van der Waals surface area contributed by atoms with Crippen molar-refractivity contribution in [3.8, 4) is 5.88 Å². The molecular formula is C15H21N3O3. The zero-order chi connectivity index (χ0) is 15.6. The van der Waals surface area contributed by atoms with Crippen LogP contribution in [0.15, 0.2) is 18.3 Å². The van der Waals surface area contributed by atoms with Gasteiger partial charge < -0.3 is 15.0 Å². The molecule has 0 aliphatic carbocycles. The quantitative estimate of drug-likeness (QED) is 0.897. The summed E-state index contributed by atoms with van der Waals surface area (Å²) in [6.07, 6.45) is 1.63. The van der Waals surface area contributed by atoms with Crippen molar-refractivity contribution in [2.75, 3.05) is 7.11 Å². The zero-order valence-electron chi connectivity index (χ0n) is 12.8. The van der Waals surface area contributed by atoms with Gasteiger partial charge >= 0.3 is 0 Å². The van der Waals surface area contributed by atoms with Gasteiger partial charge in [-0.1, -0.05) is 19.9 Å². The number of hydrogen-bond donors (Lipinski definition) is 1. The minimum absolute atomic E-state index is 0.0484. The Morgan fingerprint density at radius 2 is 2.14 bits per heavy atom. The van der Waals surface area contributed by atoms with Crippen LogP contribution in [0.4, 0.5) is 0 Å². The SMILES string of the molecule is COc1ncccc1CN1C(=O)C(C(C)C)NC(=O)C1C. The number of amides is 2. The molecule has 0 radical (unpaired) electrons. The van der Waals surface area contributed by atoms with E-state index < -0.39 is 12.1 Å². The van der Waals surface area contributed by atoms with Crippen LogP contribution in [-0.2, 0) is 16.1 Å². The van der Waals surface area contributed by atoms with Gasteiger partial charge in [0.25, 0.3) is 0 Å². The predicted octanol–water partition coefficient (Wildman–Crippen LogP) is 0.962. The molecule has 0 spiro atoms. The Kier molecular flexibility index (Phi) is 4.45. The minimum Gasteiger partial charge on any atom is -0.481 e. The van der Waals surface area contributed by atoms with E-state index in [1.54, 1.807) is 24.1 Å². The second kappa shape index (κ2) is 6.11. The third-order valence-corrected chi connectivity index (χ3v) is 3.74. The van der Waals surface area contributed by atoms with Crippen LogP contribution in [0.1, 0.15) is 26.3 Å². The van der Waals surface area contributed by atoms with E-state index in [-0.39, 0.29) is 17.7 Å². The number of ether oxygens (including phenoxy) is 1. The topological polar surface area (TPSA) is 71.5 Å². The van der Waals surface area contributed by atoms with Crippen LogP contribution >= 0.6 is 0 Å². The Morgan fingerprint density at radius 3 is 2.76 bits per heavy atom. The first-order chi connectivity index (χ1) is 9.95. The molecule has 21 heavy (non-hydrogen) atoms. The molecule has 2 atom stereocenters. The number of aromatic nitrogens is 1. The van der Waals surface area contributed by atoms with Gasteiger partial charge in [0.05, 0.1) is 13.7 Å². The zero-order valence-corrected chi connectivity index (χ0v) is 12.8. The van der Waals surface area contributed by atoms with Crippen molar-refractivity contribution in [1.82, 2.24) is 15.2 Å². The van der Waals surface area contributed by atoms with Crippen LogP contribution in [0.2, 0.25) is 0 Å². The summed E-state index contributed by atoms with van der Waals surface area (Å²) in [6.45, 7) is 5.88. The fourth-order valence-electron chi connectivity index (χ4n) is 2.43. The molecule has 1 fully saturated rings. The highest BCUT2D eigenvalue weighted by atomic mass is 16.5. The van der Waals surface area contributed by atoms with E-state index in [2.05, 4.69) is 10.3 Å². The van der Waals surface area contributed by atoms with Crippen molar-refractivity contribution in [2.24, 2.45) is 5.92 Å². The summed E-state index contributed by atoms with van der Waals surface area (Å²) in [7, 11) is 1.54. The Labute approximate surface area is 124 Å². The van der Waals surface area contributed by atoms with Crippen molar-refractivity contribution in [3.05, 3.63) is 23.9 Å². The summed E-state index contributed by atoms with van der Waals surface area (Å²) < 4.78 is 5.21. The van der Waals surface area contributed by atoms with E-state index >= 15 is 0 Å². The molecule has 1 N–H and O–H groups in total. The van der Waals surface area contributed by atoms with Gasteiger partial charge in [0, 0.05) is 11.8 Å². The first-order valence-corrected chi connectivity index (χ1v) is 7.04. The molecule has 2 unspecified atom stereocenters. The summed E-state index contributed by atoms with van der Waals surface area (Å²) in [5.74, 6) is 0.330. The van der Waals surface area contributed by atoms with Crippen molar-refractivity contribution in [2.45, 2.75) is 39.4 Å². The second-order valence-electron chi connectivity index (χ2n) is 5.54. The Hall–Kier alpha value is -2.11. The summed E-state index contributed by atoms with van der Waals surface area (Å²) in [4.78, 5) is 30.3. The molecule has 0 bridgehead atoms. The van der Waals surface area contributed by atoms with Crippen molar-refractivity contribution in [3.63, 3.8) is 0 Å². The number of rotatable bonds is 4. The number of pyridine rings is 1. The van der Waals surface area contributed by atoms with Gasteiger partial charge in [0.2, 0.25) is 17.7 Å². The number of nitrogens with one attached hydrogen (secondary N) is 1. The standard InChI is InChI=1S/C15H21N3O3/c1-9(2)12-15(20)18(10(3)13(19)17-12)8-11-6-5-7-16-14(11)21-4/h5-7,9-10,12H,8H2,1-4H3,(H,17,19). The maximum atomic E-state index is 12.6. The molecular weight excluding hydrogens is 270 g/mol. The molecule has 6 nitrogen and oxygen atoms in total. The Morgan fingerprint density at radius 1 is 1.43 bits per heavy atom. The Balaban J connectivity index is 2.27. The molecule has 2 amide bonds. The molecule has 114 valence electrons. The molecule has 1 aliphatic rings. The fraction of sp³-hybridized carbons (Fsp3) is 0.533. The number of hydrogen-bond acceptors (Lipinski definition) is 4. The number of piperazine rings is 1. The van der Waals surface area contributed by atoms with E-state index in [9.17, 15) is 9.59 Å². The van der Waals surface area contributed by atoms with Crippen LogP contribution in [-0.4, -0.2) is 40.9 Å². The van der Waals surface area contributed by atoms with Crippen LogP contribution in [0.5, 0.6) is 5.88 Å². The van der Waals surface area contributed by atoms with E-state index in [0.717, 1.165) is 5.56 Å². The van der Waals surface area contributed by atoms with Gasteiger partial charge in [-0.15, -0.1) is 0 Å². The van der Waals surface area contributed by atoms with Crippen LogP contribution < -0.4 is 10.1 Å². The van der Waals surface area contributed by atoms with Crippen molar-refractivity contribution >= 4 is 11.8 Å². The third-order valence-electron chi connectivity index (χ3n) is 3.74. The van der Waals surface area contributed by atoms with Crippen LogP contribution in [0.3, 0.4) is 0 Å². The minimum atomic E-state index is -0.502. The lowest BCUT2D eigenvalue weighted by Crippen LogP contribution is -2.63. The fourth-order valence-corrected chi connectivity index (χ4v) is 2.43. The summed E-state index contributed by atoms with van der Waals surface area (Å²) >= 11 is 0. The van der Waals surface area contributed by atoms with E-state index in [4.69, 9.17) is 4.74 Å². The van der Waals surface area contributed by atoms with E-state index in [0.29, 0.717) is 12.4 Å². The smallest absolute Gasteiger partial charge is 0.246 e. The van der Waals surface area contributed by atoms with Crippen molar-refractivity contribution < 1.29 is 14.3 Å². The van der Waals surface area contributed by atoms with E-state index in [1.807, 2.05) is 19.9 Å². The number of nitrogens with zero attached hydrogens (tertiary/aromatic N) is 2. The van der Waals surface area contributed by atoms with Gasteiger partial charge in [-0.3, -0.25) is 9.59 Å². The number of carbonyl (C=O) groups excluding carboxylic acids is 2. The lowest BCUT2D eigenvalue weighted by Gasteiger charge is -2.38. The predicted molar refractivity (Wildman–Crippen MR) is 77.6 cm³/mol. The monoisotopic (exact) mass is 291 g/mol. The molecule has 2 rings (SSSR count). The van der Waals surface area contributed by atoms with E-state index in [1.165, 1.54) is 7.11 Å². The number of methoxy groups -OCH3 is 1. The van der Waals surface area contributed by atoms with Crippen molar-refractivity contribution in [1.29, 1.82) is 0 Å². The third kappa shape index (κ3) is 2.99. The normalized spacial score (nSPS) is 22.4. The maximum absolute atomic E-state index is 12.6. The first-order valence-electron chi connectivity index (χ1n) is 7.04. The molecule has 1 saturated heterocycles. The summed E-state index contributed by atoms with van der Waals surface area (Å²) in [5.41, 5.74) is 0.789. The summed E-state index contributed by atoms with van der Waals surface area (Å²) in [6, 6.07) is 2.66. The molecule has 6 heteroatoms. The van der Waals surface area contributed by atoms with Gasteiger partial charge in [-0.2, -0.15) is 0 Å². The lowest BCUT2D eigenvalue weighted by atomic mass is 9.98. The van der Waals surface area contributed by atoms with Crippen LogP contribution in [0, 0.1) is 5.92 Å². The van der Waals surface area contributed by atoms with Gasteiger partial charge in [0.15, 0.2) is 0 Å². The van der Waals surface area contributed by atoms with Gasteiger partial charge in [0.1, 0.15) is 12.1 Å². The number of carbonyl (C=O) groups is 2. The molecule has 0 aromatic carbocycles. The summed E-state index contributed by atoms with van der Waals surface area (Å²) in [5, 5.41) is 2.78. The second-order valence-corrected chi connectivity index (χ2v) is 5.54. The highest BCUT2D eigenvalue weighted by molar-refractivity contribution is 5.96. The van der Waals surface area contributed by atoms with Gasteiger partial charge in [-0.25, -0.2) is 4.98 Å². The molecule has 2 heterocycles. The average Bonchev–Trinajstić information content (AvgIpc) is 2.47. The largest absolute Gasteiger partial charge is 0.481 e. The Bertz CT molecular complexity index is 545. The van der Waals surface area contributed by atoms with Gasteiger partial charge in [-0.05, 0) is 18.9 Å². The molecule has 0 saturated carbocycles. The molecule has 1 aromatic rings. The highest BCUT2D eigenvalue weighted by Crippen LogP contribution is 2.22. The lowest BCUT2D eigenvalue weighted by molar-refractivity contribution is -0.150. The van der Waals surface area contributed by atoms with Crippen LogP contribution in [0.25, 0.3) is 0 Å². The first kappa shape index (κ1) is 15.3. The molecule has 1 aromatic heterocycles. The highest BCUT2D eigenvalue weighted by Gasteiger charge is 2.39.